The average molecular weight is 290 g/mol. The van der Waals surface area contributed by atoms with Gasteiger partial charge in [-0.3, -0.25) is 9.79 Å². The summed E-state index contributed by atoms with van der Waals surface area (Å²) in [4.78, 5) is 15.7. The maximum Gasteiger partial charge on any atom is 0.266 e. The maximum atomic E-state index is 13.0. The molecule has 4 nitrogen and oxygen atoms in total. The van der Waals surface area contributed by atoms with E-state index in [1.165, 1.54) is 17.1 Å². The molecule has 1 heterocycles. The molecule has 1 atom stereocenters. The topological polar surface area (TPSA) is 46.6 Å². The molecule has 21 heavy (non-hydrogen) atoms. The Hall–Kier alpha value is -2.04. The summed E-state index contributed by atoms with van der Waals surface area (Å²) >= 11 is 0. The van der Waals surface area contributed by atoms with Gasteiger partial charge in [0.05, 0.1) is 11.4 Å². The summed E-state index contributed by atoms with van der Waals surface area (Å²) in [6.45, 7) is 4.97. The van der Waals surface area contributed by atoms with Crippen LogP contribution in [0.4, 0.5) is 10.1 Å². The van der Waals surface area contributed by atoms with Crippen molar-refractivity contribution in [3.05, 3.63) is 30.1 Å². The van der Waals surface area contributed by atoms with Crippen molar-refractivity contribution in [1.29, 1.82) is 0 Å². The maximum absolute atomic E-state index is 13.0. The first-order chi connectivity index (χ1) is 10.2. The Morgan fingerprint density at radius 2 is 2.00 bits per heavy atom. The molecule has 112 valence electrons. The fourth-order valence-electron chi connectivity index (χ4n) is 2.26. The minimum absolute atomic E-state index is 0.0892. The number of hydrogen-bond donors (Lipinski definition) is 1. The van der Waals surface area contributed by atoms with Crippen molar-refractivity contribution in [2.24, 2.45) is 11.0 Å². The Bertz CT molecular complexity index is 551. The molecule has 0 radical (unpaired) electrons. The van der Waals surface area contributed by atoms with Crippen molar-refractivity contribution in [3.8, 4) is 0 Å². The lowest BCUT2D eigenvalue weighted by Gasteiger charge is -2.11. The second kappa shape index (κ2) is 7.11. The van der Waals surface area contributed by atoms with Crippen LogP contribution in [0.3, 0.4) is 0 Å². The number of hydrogen-bond acceptors (Lipinski definition) is 2. The Balaban J connectivity index is 2.24. The summed E-state index contributed by atoms with van der Waals surface area (Å²) < 4.78 is 13.0. The van der Waals surface area contributed by atoms with Crippen molar-refractivity contribution >= 4 is 23.5 Å². The number of anilines is 1. The number of hydrazone groups is 1. The predicted octanol–water partition coefficient (Wildman–Crippen LogP) is 1.51. The first-order valence-electron chi connectivity index (χ1n) is 7.41. The van der Waals surface area contributed by atoms with Gasteiger partial charge < -0.3 is 0 Å². The second-order valence-electron chi connectivity index (χ2n) is 5.07. The van der Waals surface area contributed by atoms with E-state index in [1.807, 2.05) is 6.21 Å². The molecule has 1 N–H and O–H groups in total. The average Bonchev–Trinajstić information content (AvgIpc) is 2.78. The zero-order valence-corrected chi connectivity index (χ0v) is 12.5. The molecule has 1 amide bonds. The summed E-state index contributed by atoms with van der Waals surface area (Å²) in [6, 6.07) is 5.82. The minimum Gasteiger partial charge on any atom is -0.271 e. The smallest absolute Gasteiger partial charge is 0.266 e. The second-order valence-corrected chi connectivity index (χ2v) is 5.07. The van der Waals surface area contributed by atoms with E-state index in [1.54, 1.807) is 12.1 Å². The third-order valence-corrected chi connectivity index (χ3v) is 3.32. The number of amides is 1. The molecule has 2 rings (SSSR count). The Kier molecular flexibility index (Phi) is 5.20. The summed E-state index contributed by atoms with van der Waals surface area (Å²) in [5, 5.41) is 5.80. The van der Waals surface area contributed by atoms with E-state index in [-0.39, 0.29) is 17.6 Å². The molecule has 5 heteroatoms. The molecule has 0 fully saturated rings. The number of halogens is 1. The molecule has 0 saturated heterocycles. The Morgan fingerprint density at radius 3 is 2.62 bits per heavy atom. The lowest BCUT2D eigenvalue weighted by molar-refractivity contribution is -0.453. The van der Waals surface area contributed by atoms with Crippen LogP contribution >= 0.6 is 0 Å². The number of nitrogens with one attached hydrogen (secondary N) is 1. The van der Waals surface area contributed by atoms with Gasteiger partial charge in [-0.1, -0.05) is 20.3 Å². The largest absolute Gasteiger partial charge is 0.271 e. The van der Waals surface area contributed by atoms with Crippen LogP contribution in [0.1, 0.15) is 33.1 Å². The molecule has 1 aromatic rings. The van der Waals surface area contributed by atoms with Gasteiger partial charge in [-0.15, -0.1) is 0 Å². The van der Waals surface area contributed by atoms with E-state index in [2.05, 4.69) is 23.9 Å². The van der Waals surface area contributed by atoms with Crippen molar-refractivity contribution in [1.82, 2.24) is 0 Å². The standard InChI is InChI=1S/C16H20FN3O/c1-3-5-15-14(11-18-10-4-2)16(21)20(19-15)13-8-6-12(17)7-9-13/h6-9,11,14H,3-5,10H2,1-2H3/p+1/t14-/m1/s1. The van der Waals surface area contributed by atoms with Crippen LogP contribution < -0.4 is 10.0 Å². The molecule has 1 aliphatic heterocycles. The minimum atomic E-state index is -0.332. The molecule has 1 aliphatic rings. The van der Waals surface area contributed by atoms with Crippen LogP contribution in [0.25, 0.3) is 0 Å². The van der Waals surface area contributed by atoms with E-state index < -0.39 is 0 Å². The highest BCUT2D eigenvalue weighted by atomic mass is 19.1. The third kappa shape index (κ3) is 3.54. The van der Waals surface area contributed by atoms with Gasteiger partial charge in [-0.05, 0) is 30.7 Å². The molecular formula is C16H21FN3O+. The summed E-state index contributed by atoms with van der Waals surface area (Å²) in [7, 11) is 0. The first kappa shape index (κ1) is 15.4. The monoisotopic (exact) mass is 290 g/mol. The van der Waals surface area contributed by atoms with Crippen LogP contribution in [0, 0.1) is 11.7 Å². The SMILES string of the molecule is CCC[NH+]=C[C@H]1C(=O)N(c2ccc(F)cc2)N=C1CCC. The number of carbonyl (C=O) groups is 1. The quantitative estimate of drug-likeness (QED) is 0.793. The number of rotatable bonds is 6. The zero-order chi connectivity index (χ0) is 15.2. The molecule has 0 unspecified atom stereocenters. The normalized spacial score (nSPS) is 18.6. The van der Waals surface area contributed by atoms with E-state index >= 15 is 0 Å². The van der Waals surface area contributed by atoms with E-state index in [4.69, 9.17) is 0 Å². The Morgan fingerprint density at radius 1 is 1.29 bits per heavy atom. The fourth-order valence-corrected chi connectivity index (χ4v) is 2.26. The highest BCUT2D eigenvalue weighted by Crippen LogP contribution is 2.24. The fraction of sp³-hybridized carbons (Fsp3) is 0.438. The van der Waals surface area contributed by atoms with Gasteiger partial charge in [0.2, 0.25) is 0 Å². The Labute approximate surface area is 124 Å². The number of benzene rings is 1. The van der Waals surface area contributed by atoms with Crippen molar-refractivity contribution < 1.29 is 14.2 Å². The van der Waals surface area contributed by atoms with Crippen molar-refractivity contribution in [3.63, 3.8) is 0 Å². The summed E-state index contributed by atoms with van der Waals surface area (Å²) in [6.07, 6.45) is 4.53. The molecule has 1 aromatic carbocycles. The highest BCUT2D eigenvalue weighted by Gasteiger charge is 2.36. The van der Waals surface area contributed by atoms with Crippen LogP contribution in [-0.2, 0) is 4.79 Å². The molecule has 0 bridgehead atoms. The lowest BCUT2D eigenvalue weighted by Crippen LogP contribution is -2.70. The van der Waals surface area contributed by atoms with Gasteiger partial charge in [-0.2, -0.15) is 10.1 Å². The lowest BCUT2D eigenvalue weighted by atomic mass is 10.0. The molecular weight excluding hydrogens is 269 g/mol. The zero-order valence-electron chi connectivity index (χ0n) is 12.5. The van der Waals surface area contributed by atoms with E-state index in [9.17, 15) is 9.18 Å². The van der Waals surface area contributed by atoms with Gasteiger partial charge in [0.15, 0.2) is 12.1 Å². The summed E-state index contributed by atoms with van der Waals surface area (Å²) in [5.41, 5.74) is 1.46. The highest BCUT2D eigenvalue weighted by molar-refractivity contribution is 6.23. The van der Waals surface area contributed by atoms with Crippen LogP contribution in [0.2, 0.25) is 0 Å². The van der Waals surface area contributed by atoms with Gasteiger partial charge >= 0.3 is 0 Å². The predicted molar refractivity (Wildman–Crippen MR) is 81.9 cm³/mol. The van der Waals surface area contributed by atoms with Gasteiger partial charge in [0.1, 0.15) is 12.4 Å². The number of carbonyl (C=O) groups excluding carboxylic acids is 1. The molecule has 0 aromatic heterocycles. The first-order valence-corrected chi connectivity index (χ1v) is 7.41. The van der Waals surface area contributed by atoms with E-state index in [0.29, 0.717) is 5.69 Å². The van der Waals surface area contributed by atoms with Crippen molar-refractivity contribution in [2.45, 2.75) is 33.1 Å². The van der Waals surface area contributed by atoms with Crippen molar-refractivity contribution in [2.75, 3.05) is 11.6 Å². The van der Waals surface area contributed by atoms with Gasteiger partial charge in [0, 0.05) is 6.42 Å². The third-order valence-electron chi connectivity index (χ3n) is 3.32. The van der Waals surface area contributed by atoms with Crippen LogP contribution in [-0.4, -0.2) is 24.4 Å². The number of nitrogens with zero attached hydrogens (tertiary/aromatic N) is 2. The molecule has 0 saturated carbocycles. The van der Waals surface area contributed by atoms with E-state index in [0.717, 1.165) is 31.5 Å². The van der Waals surface area contributed by atoms with Crippen LogP contribution in [0.5, 0.6) is 0 Å². The summed E-state index contributed by atoms with van der Waals surface area (Å²) in [5.74, 6) is -0.744. The van der Waals surface area contributed by atoms with Gasteiger partial charge in [0.25, 0.3) is 5.91 Å². The van der Waals surface area contributed by atoms with Gasteiger partial charge in [-0.25, -0.2) is 4.39 Å². The molecule has 0 spiro atoms. The molecule has 0 aliphatic carbocycles. The van der Waals surface area contributed by atoms with Crippen LogP contribution in [0.15, 0.2) is 29.4 Å².